The molecule has 0 unspecified atom stereocenters. The van der Waals surface area contributed by atoms with Crippen LogP contribution in [0.15, 0.2) is 53.1 Å². The second-order valence-corrected chi connectivity index (χ2v) is 5.84. The second-order valence-electron chi connectivity index (χ2n) is 5.84. The highest BCUT2D eigenvalue weighted by Gasteiger charge is 2.16. The summed E-state index contributed by atoms with van der Waals surface area (Å²) in [5.41, 5.74) is 10.7. The molecule has 3 N–H and O–H groups in total. The van der Waals surface area contributed by atoms with E-state index in [2.05, 4.69) is 20.3 Å². The molecular formula is C19H17N5O2. The van der Waals surface area contributed by atoms with Crippen LogP contribution in [0.4, 0.5) is 5.69 Å². The standard InChI is InChI=1S/C19H17N5O2/c1-11-14(7-4-8-15(11)20)18-21-19(26-24-18)17-10-16(22-23-17)12-5-3-6-13(9-12)25-2/h3-10H,20H2,1-2H3,(H,22,23). The van der Waals surface area contributed by atoms with Gasteiger partial charge in [0, 0.05) is 16.8 Å². The van der Waals surface area contributed by atoms with Crippen LogP contribution < -0.4 is 10.5 Å². The van der Waals surface area contributed by atoms with Crippen LogP contribution in [0.3, 0.4) is 0 Å². The molecule has 7 nitrogen and oxygen atoms in total. The Bertz CT molecular complexity index is 1070. The number of nitrogens with two attached hydrogens (primary N) is 1. The van der Waals surface area contributed by atoms with Crippen molar-refractivity contribution < 1.29 is 9.26 Å². The quantitative estimate of drug-likeness (QED) is 0.546. The van der Waals surface area contributed by atoms with Crippen molar-refractivity contribution in [2.75, 3.05) is 12.8 Å². The Labute approximate surface area is 149 Å². The molecule has 4 rings (SSSR count). The molecule has 4 aromatic rings. The smallest absolute Gasteiger partial charge is 0.276 e. The number of nitrogens with one attached hydrogen (secondary N) is 1. The van der Waals surface area contributed by atoms with Crippen molar-refractivity contribution in [1.82, 2.24) is 20.3 Å². The van der Waals surface area contributed by atoms with E-state index in [1.165, 1.54) is 0 Å². The van der Waals surface area contributed by atoms with E-state index in [-0.39, 0.29) is 0 Å². The molecule has 0 fully saturated rings. The average Bonchev–Trinajstić information content (AvgIpc) is 3.33. The first-order valence-electron chi connectivity index (χ1n) is 8.05. The molecule has 2 heterocycles. The van der Waals surface area contributed by atoms with Crippen LogP contribution in [0.1, 0.15) is 5.56 Å². The lowest BCUT2D eigenvalue weighted by Gasteiger charge is -2.03. The monoisotopic (exact) mass is 347 g/mol. The number of aromatic amines is 1. The van der Waals surface area contributed by atoms with E-state index in [0.29, 0.717) is 23.1 Å². The highest BCUT2D eigenvalue weighted by Crippen LogP contribution is 2.29. The van der Waals surface area contributed by atoms with E-state index in [9.17, 15) is 0 Å². The molecule has 0 aliphatic rings. The fourth-order valence-corrected chi connectivity index (χ4v) is 2.70. The average molecular weight is 347 g/mol. The Hall–Kier alpha value is -3.61. The fourth-order valence-electron chi connectivity index (χ4n) is 2.70. The van der Waals surface area contributed by atoms with E-state index in [1.54, 1.807) is 7.11 Å². The van der Waals surface area contributed by atoms with Gasteiger partial charge in [-0.05, 0) is 36.8 Å². The van der Waals surface area contributed by atoms with Crippen molar-refractivity contribution >= 4 is 5.69 Å². The van der Waals surface area contributed by atoms with Crippen molar-refractivity contribution in [3.63, 3.8) is 0 Å². The van der Waals surface area contributed by atoms with E-state index >= 15 is 0 Å². The zero-order chi connectivity index (χ0) is 18.1. The number of benzene rings is 2. The largest absolute Gasteiger partial charge is 0.497 e. The Balaban J connectivity index is 1.66. The summed E-state index contributed by atoms with van der Waals surface area (Å²) < 4.78 is 10.6. The third-order valence-electron chi connectivity index (χ3n) is 4.22. The van der Waals surface area contributed by atoms with E-state index in [4.69, 9.17) is 15.0 Å². The lowest BCUT2D eigenvalue weighted by Crippen LogP contribution is -1.92. The van der Waals surface area contributed by atoms with Gasteiger partial charge in [0.15, 0.2) is 0 Å². The Morgan fingerprint density at radius 1 is 1.12 bits per heavy atom. The summed E-state index contributed by atoms with van der Waals surface area (Å²) in [5, 5.41) is 11.3. The van der Waals surface area contributed by atoms with Gasteiger partial charge in [-0.15, -0.1) is 0 Å². The molecule has 26 heavy (non-hydrogen) atoms. The van der Waals surface area contributed by atoms with Gasteiger partial charge in [0.05, 0.1) is 12.8 Å². The minimum atomic E-state index is 0.364. The normalized spacial score (nSPS) is 10.8. The van der Waals surface area contributed by atoms with Crippen molar-refractivity contribution in [1.29, 1.82) is 0 Å². The van der Waals surface area contributed by atoms with Crippen molar-refractivity contribution in [3.8, 4) is 40.0 Å². The summed E-state index contributed by atoms with van der Waals surface area (Å²) in [4.78, 5) is 4.46. The second kappa shape index (κ2) is 6.36. The van der Waals surface area contributed by atoms with Crippen molar-refractivity contribution in [3.05, 3.63) is 54.1 Å². The van der Waals surface area contributed by atoms with Gasteiger partial charge >= 0.3 is 0 Å². The third-order valence-corrected chi connectivity index (χ3v) is 4.22. The number of ether oxygens (including phenoxy) is 1. The molecule has 0 bridgehead atoms. The van der Waals surface area contributed by atoms with Crippen LogP contribution in [-0.2, 0) is 0 Å². The molecule has 0 radical (unpaired) electrons. The first kappa shape index (κ1) is 15.9. The predicted octanol–water partition coefficient (Wildman–Crippen LogP) is 3.69. The van der Waals surface area contributed by atoms with Crippen molar-refractivity contribution in [2.24, 2.45) is 0 Å². The molecule has 0 atom stereocenters. The van der Waals surface area contributed by atoms with E-state index in [0.717, 1.165) is 28.1 Å². The molecule has 0 aliphatic carbocycles. The number of hydrogen-bond acceptors (Lipinski definition) is 6. The Morgan fingerprint density at radius 2 is 1.96 bits per heavy atom. The van der Waals surface area contributed by atoms with Crippen LogP contribution >= 0.6 is 0 Å². The van der Waals surface area contributed by atoms with Crippen LogP contribution in [0, 0.1) is 6.92 Å². The number of hydrogen-bond donors (Lipinski definition) is 2. The molecule has 0 saturated heterocycles. The molecule has 7 heteroatoms. The molecule has 0 aliphatic heterocycles. The first-order chi connectivity index (χ1) is 12.7. The minimum Gasteiger partial charge on any atom is -0.497 e. The maximum atomic E-state index is 5.95. The maximum absolute atomic E-state index is 5.95. The zero-order valence-corrected chi connectivity index (χ0v) is 14.4. The minimum absolute atomic E-state index is 0.364. The maximum Gasteiger partial charge on any atom is 0.276 e. The van der Waals surface area contributed by atoms with Gasteiger partial charge in [-0.2, -0.15) is 10.1 Å². The fraction of sp³-hybridized carbons (Fsp3) is 0.105. The van der Waals surface area contributed by atoms with Gasteiger partial charge in [0.1, 0.15) is 11.4 Å². The van der Waals surface area contributed by atoms with Gasteiger partial charge in [-0.3, -0.25) is 5.10 Å². The van der Waals surface area contributed by atoms with Gasteiger partial charge < -0.3 is 15.0 Å². The molecular weight excluding hydrogens is 330 g/mol. The molecule has 0 amide bonds. The summed E-state index contributed by atoms with van der Waals surface area (Å²) in [6.45, 7) is 1.93. The van der Waals surface area contributed by atoms with Gasteiger partial charge in [-0.1, -0.05) is 29.4 Å². The number of rotatable bonds is 4. The molecule has 0 saturated carbocycles. The predicted molar refractivity (Wildman–Crippen MR) is 98.5 cm³/mol. The van der Waals surface area contributed by atoms with Crippen molar-refractivity contribution in [2.45, 2.75) is 6.92 Å². The summed E-state index contributed by atoms with van der Waals surface area (Å²) in [7, 11) is 1.63. The van der Waals surface area contributed by atoms with Crippen LogP contribution in [0.5, 0.6) is 5.75 Å². The van der Waals surface area contributed by atoms with Gasteiger partial charge in [0.2, 0.25) is 5.82 Å². The number of methoxy groups -OCH3 is 1. The molecule has 0 spiro atoms. The SMILES string of the molecule is COc1cccc(-c2cc(-c3nc(-c4cccc(N)c4C)no3)[nH]n2)c1. The summed E-state index contributed by atoms with van der Waals surface area (Å²) >= 11 is 0. The molecule has 2 aromatic heterocycles. The van der Waals surface area contributed by atoms with Crippen LogP contribution in [0.25, 0.3) is 34.2 Å². The molecule has 130 valence electrons. The lowest BCUT2D eigenvalue weighted by molar-refractivity contribution is 0.415. The topological polar surface area (TPSA) is 103 Å². The summed E-state index contributed by atoms with van der Waals surface area (Å²) in [6, 6.07) is 15.1. The third kappa shape index (κ3) is 2.79. The van der Waals surface area contributed by atoms with Gasteiger partial charge in [-0.25, -0.2) is 0 Å². The Morgan fingerprint density at radius 3 is 2.81 bits per heavy atom. The Kier molecular flexibility index (Phi) is 3.89. The number of aromatic nitrogens is 4. The number of anilines is 1. The van der Waals surface area contributed by atoms with E-state index < -0.39 is 0 Å². The molecule has 2 aromatic carbocycles. The number of nitrogen functional groups attached to an aromatic ring is 1. The number of H-pyrrole nitrogens is 1. The summed E-state index contributed by atoms with van der Waals surface area (Å²) in [5.74, 6) is 1.62. The highest BCUT2D eigenvalue weighted by molar-refractivity contribution is 5.70. The lowest BCUT2D eigenvalue weighted by atomic mass is 10.1. The van der Waals surface area contributed by atoms with Crippen LogP contribution in [-0.4, -0.2) is 27.4 Å². The van der Waals surface area contributed by atoms with Gasteiger partial charge in [0.25, 0.3) is 5.89 Å². The highest BCUT2D eigenvalue weighted by atomic mass is 16.5. The van der Waals surface area contributed by atoms with E-state index in [1.807, 2.05) is 55.5 Å². The first-order valence-corrected chi connectivity index (χ1v) is 8.05. The number of nitrogens with zero attached hydrogens (tertiary/aromatic N) is 3. The zero-order valence-electron chi connectivity index (χ0n) is 14.4. The summed E-state index contributed by atoms with van der Waals surface area (Å²) in [6.07, 6.45) is 0. The van der Waals surface area contributed by atoms with Crippen LogP contribution in [0.2, 0.25) is 0 Å².